The molecule has 2 unspecified atom stereocenters. The van der Waals surface area contributed by atoms with E-state index in [4.69, 9.17) is 10.5 Å². The first kappa shape index (κ1) is 6.91. The lowest BCUT2D eigenvalue weighted by Crippen LogP contribution is -2.42. The zero-order chi connectivity index (χ0) is 7.68. The van der Waals surface area contributed by atoms with Gasteiger partial charge in [-0.3, -0.25) is 4.99 Å². The van der Waals surface area contributed by atoms with Gasteiger partial charge in [0.25, 0.3) is 0 Å². The van der Waals surface area contributed by atoms with Gasteiger partial charge in [0.1, 0.15) is 0 Å². The molecule has 0 aromatic rings. The Labute approximate surface area is 65.8 Å². The summed E-state index contributed by atoms with van der Waals surface area (Å²) in [7, 11) is 0. The predicted molar refractivity (Wildman–Crippen MR) is 42.4 cm³/mol. The van der Waals surface area contributed by atoms with Crippen molar-refractivity contribution in [2.24, 2.45) is 10.7 Å². The minimum atomic E-state index is 0.331. The SMILES string of the molecule is NC1=NCC(C2CCCO2)N1. The fraction of sp³-hybridized carbons (Fsp3) is 0.857. The van der Waals surface area contributed by atoms with Crippen molar-refractivity contribution in [1.29, 1.82) is 0 Å². The molecule has 0 radical (unpaired) electrons. The maximum atomic E-state index is 5.49. The third kappa shape index (κ3) is 1.30. The minimum absolute atomic E-state index is 0.331. The smallest absolute Gasteiger partial charge is 0.189 e. The van der Waals surface area contributed by atoms with Gasteiger partial charge < -0.3 is 15.8 Å². The standard InChI is InChI=1S/C7H13N3O/c8-7-9-4-5(10-7)6-2-1-3-11-6/h5-6H,1-4H2,(H3,8,9,10). The van der Waals surface area contributed by atoms with Crippen LogP contribution >= 0.6 is 0 Å². The Kier molecular flexibility index (Phi) is 1.69. The van der Waals surface area contributed by atoms with Gasteiger partial charge in [-0.15, -0.1) is 0 Å². The molecule has 0 aromatic heterocycles. The van der Waals surface area contributed by atoms with Crippen molar-refractivity contribution in [3.05, 3.63) is 0 Å². The van der Waals surface area contributed by atoms with E-state index >= 15 is 0 Å². The summed E-state index contributed by atoms with van der Waals surface area (Å²) < 4.78 is 5.49. The highest BCUT2D eigenvalue weighted by Gasteiger charge is 2.28. The van der Waals surface area contributed by atoms with Gasteiger partial charge in [0.15, 0.2) is 5.96 Å². The van der Waals surface area contributed by atoms with E-state index in [0.717, 1.165) is 19.6 Å². The van der Waals surface area contributed by atoms with Gasteiger partial charge in [0.05, 0.1) is 18.7 Å². The number of nitrogens with one attached hydrogen (secondary N) is 1. The monoisotopic (exact) mass is 155 g/mol. The van der Waals surface area contributed by atoms with Crippen molar-refractivity contribution in [2.75, 3.05) is 13.2 Å². The first-order valence-corrected chi connectivity index (χ1v) is 4.04. The lowest BCUT2D eigenvalue weighted by Gasteiger charge is -2.17. The second-order valence-corrected chi connectivity index (χ2v) is 3.03. The summed E-state index contributed by atoms with van der Waals surface area (Å²) in [4.78, 5) is 4.07. The molecule has 0 saturated carbocycles. The summed E-state index contributed by atoms with van der Waals surface area (Å²) in [5, 5.41) is 3.10. The summed E-state index contributed by atoms with van der Waals surface area (Å²) in [5.41, 5.74) is 5.48. The van der Waals surface area contributed by atoms with Crippen LogP contribution in [0.4, 0.5) is 0 Å². The third-order valence-corrected chi connectivity index (χ3v) is 2.21. The summed E-state index contributed by atoms with van der Waals surface area (Å²) in [6.07, 6.45) is 2.64. The van der Waals surface area contributed by atoms with E-state index in [0.29, 0.717) is 18.1 Å². The molecule has 3 N–H and O–H groups in total. The molecular formula is C7H13N3O. The Bertz CT molecular complexity index is 175. The highest BCUT2D eigenvalue weighted by Crippen LogP contribution is 2.17. The van der Waals surface area contributed by atoms with Crippen molar-refractivity contribution < 1.29 is 4.74 Å². The summed E-state index contributed by atoms with van der Waals surface area (Å²) >= 11 is 0. The molecule has 0 aromatic carbocycles. The van der Waals surface area contributed by atoms with Gasteiger partial charge in [-0.25, -0.2) is 0 Å². The van der Waals surface area contributed by atoms with Crippen LogP contribution < -0.4 is 11.1 Å². The number of rotatable bonds is 1. The molecule has 2 atom stereocenters. The van der Waals surface area contributed by atoms with E-state index in [1.54, 1.807) is 0 Å². The first-order chi connectivity index (χ1) is 5.36. The molecule has 0 amide bonds. The van der Waals surface area contributed by atoms with Crippen LogP contribution in [0.3, 0.4) is 0 Å². The van der Waals surface area contributed by atoms with Crippen molar-refractivity contribution in [3.63, 3.8) is 0 Å². The molecule has 4 nitrogen and oxygen atoms in total. The van der Waals surface area contributed by atoms with Crippen LogP contribution in [0.5, 0.6) is 0 Å². The lowest BCUT2D eigenvalue weighted by atomic mass is 10.1. The van der Waals surface area contributed by atoms with E-state index in [1.165, 1.54) is 6.42 Å². The summed E-state index contributed by atoms with van der Waals surface area (Å²) in [5.74, 6) is 0.561. The van der Waals surface area contributed by atoms with Crippen LogP contribution in [-0.4, -0.2) is 31.3 Å². The average Bonchev–Trinajstić information content (AvgIpc) is 2.55. The predicted octanol–water partition coefficient (Wildman–Crippen LogP) is -0.548. The van der Waals surface area contributed by atoms with Crippen molar-refractivity contribution in [1.82, 2.24) is 5.32 Å². The highest BCUT2D eigenvalue weighted by atomic mass is 16.5. The molecule has 1 fully saturated rings. The van der Waals surface area contributed by atoms with Crippen LogP contribution in [0.25, 0.3) is 0 Å². The molecule has 62 valence electrons. The number of nitrogens with zero attached hydrogens (tertiary/aromatic N) is 1. The number of hydrogen-bond acceptors (Lipinski definition) is 4. The third-order valence-electron chi connectivity index (χ3n) is 2.21. The van der Waals surface area contributed by atoms with Crippen LogP contribution in [0.1, 0.15) is 12.8 Å². The molecule has 2 rings (SSSR count). The number of guanidine groups is 1. The van der Waals surface area contributed by atoms with Crippen LogP contribution in [-0.2, 0) is 4.74 Å². The molecule has 2 aliphatic rings. The molecule has 2 aliphatic heterocycles. The fourth-order valence-electron chi connectivity index (χ4n) is 1.61. The lowest BCUT2D eigenvalue weighted by molar-refractivity contribution is 0.0890. The maximum absolute atomic E-state index is 5.49. The average molecular weight is 155 g/mol. The van der Waals surface area contributed by atoms with E-state index in [9.17, 15) is 0 Å². The number of hydrogen-bond donors (Lipinski definition) is 2. The largest absolute Gasteiger partial charge is 0.376 e. The van der Waals surface area contributed by atoms with E-state index < -0.39 is 0 Å². The number of aliphatic imine (C=N–C) groups is 1. The minimum Gasteiger partial charge on any atom is -0.376 e. The van der Waals surface area contributed by atoms with Gasteiger partial charge in [-0.2, -0.15) is 0 Å². The van der Waals surface area contributed by atoms with Gasteiger partial charge in [0.2, 0.25) is 0 Å². The normalized spacial score (nSPS) is 36.9. The Morgan fingerprint density at radius 2 is 2.55 bits per heavy atom. The van der Waals surface area contributed by atoms with Crippen molar-refractivity contribution in [3.8, 4) is 0 Å². The van der Waals surface area contributed by atoms with Gasteiger partial charge in [-0.1, -0.05) is 0 Å². The molecule has 0 aliphatic carbocycles. The first-order valence-electron chi connectivity index (χ1n) is 4.04. The molecule has 0 spiro atoms. The van der Waals surface area contributed by atoms with Crippen LogP contribution in [0.15, 0.2) is 4.99 Å². The molecule has 4 heteroatoms. The van der Waals surface area contributed by atoms with E-state index in [1.807, 2.05) is 0 Å². The number of nitrogens with two attached hydrogens (primary N) is 1. The zero-order valence-corrected chi connectivity index (χ0v) is 6.42. The second-order valence-electron chi connectivity index (χ2n) is 3.03. The quantitative estimate of drug-likeness (QED) is 0.534. The Hall–Kier alpha value is -0.770. The molecule has 0 bridgehead atoms. The Morgan fingerprint density at radius 3 is 3.09 bits per heavy atom. The fourth-order valence-corrected chi connectivity index (χ4v) is 1.61. The molecule has 11 heavy (non-hydrogen) atoms. The highest BCUT2D eigenvalue weighted by molar-refractivity contribution is 5.79. The van der Waals surface area contributed by atoms with E-state index in [-0.39, 0.29) is 0 Å². The van der Waals surface area contributed by atoms with Gasteiger partial charge >= 0.3 is 0 Å². The zero-order valence-electron chi connectivity index (χ0n) is 6.42. The molecule has 1 saturated heterocycles. The van der Waals surface area contributed by atoms with Crippen LogP contribution in [0.2, 0.25) is 0 Å². The Balaban J connectivity index is 1.88. The summed E-state index contributed by atoms with van der Waals surface area (Å²) in [6.45, 7) is 1.67. The van der Waals surface area contributed by atoms with Gasteiger partial charge in [-0.05, 0) is 12.8 Å². The molecule has 2 heterocycles. The maximum Gasteiger partial charge on any atom is 0.189 e. The van der Waals surface area contributed by atoms with Crippen LogP contribution in [0, 0.1) is 0 Å². The van der Waals surface area contributed by atoms with Crippen molar-refractivity contribution >= 4 is 5.96 Å². The summed E-state index contributed by atoms with van der Waals surface area (Å²) in [6, 6.07) is 0.331. The van der Waals surface area contributed by atoms with Crippen molar-refractivity contribution in [2.45, 2.75) is 25.0 Å². The molecular weight excluding hydrogens is 142 g/mol. The van der Waals surface area contributed by atoms with E-state index in [2.05, 4.69) is 10.3 Å². The number of ether oxygens (including phenoxy) is 1. The topological polar surface area (TPSA) is 59.6 Å². The second kappa shape index (κ2) is 2.70. The van der Waals surface area contributed by atoms with Gasteiger partial charge in [0, 0.05) is 6.61 Å². The Morgan fingerprint density at radius 1 is 1.64 bits per heavy atom.